The van der Waals surface area contributed by atoms with Crippen LogP contribution in [0.2, 0.25) is 0 Å². The number of fused-ring (bicyclic) bond motifs is 1. The Labute approximate surface area is 155 Å². The zero-order valence-corrected chi connectivity index (χ0v) is 15.5. The zero-order valence-electron chi connectivity index (χ0n) is 13.9. The number of rotatable bonds is 4. The number of benzene rings is 2. The smallest absolute Gasteiger partial charge is 0.262 e. The van der Waals surface area contributed by atoms with E-state index < -0.39 is 6.10 Å². The van der Waals surface area contributed by atoms with Crippen molar-refractivity contribution in [3.8, 4) is 5.75 Å². The molecule has 0 radical (unpaired) electrons. The van der Waals surface area contributed by atoms with Crippen LogP contribution in [-0.4, -0.2) is 31.0 Å². The summed E-state index contributed by atoms with van der Waals surface area (Å²) < 4.78 is 6.54. The van der Waals surface area contributed by atoms with Crippen LogP contribution in [0.1, 0.15) is 23.7 Å². The monoisotopic (exact) mass is 402 g/mol. The second-order valence-corrected chi connectivity index (χ2v) is 6.62. The van der Waals surface area contributed by atoms with Gasteiger partial charge in [-0.2, -0.15) is 0 Å². The Kier molecular flexibility index (Phi) is 5.38. The molecule has 0 aliphatic carbocycles. The molecule has 0 bridgehead atoms. The average Bonchev–Trinajstić information content (AvgIpc) is 2.65. The molecule has 1 atom stereocenters. The maximum absolute atomic E-state index is 13.1. The first-order chi connectivity index (χ1) is 12.1. The van der Waals surface area contributed by atoms with Crippen molar-refractivity contribution in [2.24, 2.45) is 0 Å². The molecule has 1 aliphatic rings. The summed E-state index contributed by atoms with van der Waals surface area (Å²) in [5.74, 6) is 0.156. The number of nitrogens with one attached hydrogen (secondary N) is 1. The van der Waals surface area contributed by atoms with Gasteiger partial charge in [-0.1, -0.05) is 31.2 Å². The number of hydrogen-bond donors (Lipinski definition) is 1. The number of nitrogens with zero attached hydrogens (tertiary/aromatic N) is 1. The molecule has 130 valence electrons. The van der Waals surface area contributed by atoms with Crippen molar-refractivity contribution in [3.63, 3.8) is 0 Å². The van der Waals surface area contributed by atoms with Crippen LogP contribution in [0, 0.1) is 0 Å². The average molecular weight is 403 g/mol. The molecule has 3 rings (SSSR count). The van der Waals surface area contributed by atoms with Crippen LogP contribution < -0.4 is 15.0 Å². The third-order valence-corrected chi connectivity index (χ3v) is 4.66. The van der Waals surface area contributed by atoms with E-state index in [-0.39, 0.29) is 18.4 Å². The van der Waals surface area contributed by atoms with Gasteiger partial charge < -0.3 is 15.0 Å². The van der Waals surface area contributed by atoms with Crippen LogP contribution in [0.5, 0.6) is 5.75 Å². The molecule has 0 saturated heterocycles. The summed E-state index contributed by atoms with van der Waals surface area (Å²) in [6.07, 6.45) is 0.113. The Balaban J connectivity index is 1.93. The highest BCUT2D eigenvalue weighted by Crippen LogP contribution is 2.34. The fourth-order valence-corrected chi connectivity index (χ4v) is 3.16. The van der Waals surface area contributed by atoms with Gasteiger partial charge in [-0.25, -0.2) is 0 Å². The van der Waals surface area contributed by atoms with E-state index >= 15 is 0 Å². The molecule has 1 heterocycles. The molecular formula is C19H19BrN2O3. The zero-order chi connectivity index (χ0) is 17.8. The second kappa shape index (κ2) is 7.70. The van der Waals surface area contributed by atoms with Crippen molar-refractivity contribution in [1.82, 2.24) is 5.32 Å². The first-order valence-electron chi connectivity index (χ1n) is 8.21. The van der Waals surface area contributed by atoms with Gasteiger partial charge in [-0.15, -0.1) is 0 Å². The highest BCUT2D eigenvalue weighted by molar-refractivity contribution is 9.10. The number of anilines is 1. The lowest BCUT2D eigenvalue weighted by molar-refractivity contribution is -0.127. The number of para-hydroxylation sites is 2. The van der Waals surface area contributed by atoms with Crippen LogP contribution in [0.3, 0.4) is 0 Å². The summed E-state index contributed by atoms with van der Waals surface area (Å²) in [5, 5.41) is 2.83. The van der Waals surface area contributed by atoms with Gasteiger partial charge in [0.2, 0.25) is 0 Å². The van der Waals surface area contributed by atoms with Gasteiger partial charge >= 0.3 is 0 Å². The lowest BCUT2D eigenvalue weighted by Crippen LogP contribution is -2.51. The first kappa shape index (κ1) is 17.5. The van der Waals surface area contributed by atoms with Crippen LogP contribution in [0.25, 0.3) is 0 Å². The molecule has 0 spiro atoms. The lowest BCUT2D eigenvalue weighted by Gasteiger charge is -2.34. The highest BCUT2D eigenvalue weighted by Gasteiger charge is 2.34. The number of carbonyl (C=O) groups excluding carboxylic acids is 2. The van der Waals surface area contributed by atoms with Crippen molar-refractivity contribution in [1.29, 1.82) is 0 Å². The van der Waals surface area contributed by atoms with Crippen molar-refractivity contribution < 1.29 is 14.3 Å². The number of halogens is 1. The van der Waals surface area contributed by atoms with Crippen molar-refractivity contribution in [2.75, 3.05) is 18.0 Å². The van der Waals surface area contributed by atoms with Gasteiger partial charge in [0.15, 0.2) is 6.10 Å². The van der Waals surface area contributed by atoms with E-state index in [1.807, 2.05) is 43.3 Å². The SMILES string of the molecule is CCCNC(=O)[C@H]1CN(C(=O)c2ccccc2Br)c2ccccc2O1. The van der Waals surface area contributed by atoms with Crippen molar-refractivity contribution in [3.05, 3.63) is 58.6 Å². The standard InChI is InChI=1S/C19H19BrN2O3/c1-2-11-21-18(23)17-12-22(15-9-5-6-10-16(15)25-17)19(24)13-7-3-4-8-14(13)20/h3-10,17H,2,11-12H2,1H3,(H,21,23)/t17-/m1/s1. The molecule has 2 amide bonds. The van der Waals surface area contributed by atoms with E-state index in [1.54, 1.807) is 17.0 Å². The van der Waals surface area contributed by atoms with E-state index in [9.17, 15) is 9.59 Å². The predicted molar refractivity (Wildman–Crippen MR) is 100.0 cm³/mol. The quantitative estimate of drug-likeness (QED) is 0.852. The largest absolute Gasteiger partial charge is 0.477 e. The Morgan fingerprint density at radius 1 is 1.20 bits per heavy atom. The number of ether oxygens (including phenoxy) is 1. The molecule has 5 nitrogen and oxygen atoms in total. The lowest BCUT2D eigenvalue weighted by atomic mass is 10.1. The Morgan fingerprint density at radius 2 is 1.92 bits per heavy atom. The summed E-state index contributed by atoms with van der Waals surface area (Å²) in [6, 6.07) is 14.5. The van der Waals surface area contributed by atoms with E-state index in [0.29, 0.717) is 23.5 Å². The van der Waals surface area contributed by atoms with Gasteiger partial charge in [-0.05, 0) is 46.6 Å². The summed E-state index contributed by atoms with van der Waals surface area (Å²) in [6.45, 7) is 2.74. The molecule has 0 unspecified atom stereocenters. The van der Waals surface area contributed by atoms with Gasteiger partial charge in [0, 0.05) is 11.0 Å². The summed E-state index contributed by atoms with van der Waals surface area (Å²) in [7, 11) is 0. The summed E-state index contributed by atoms with van der Waals surface area (Å²) in [4.78, 5) is 27.0. The predicted octanol–water partition coefficient (Wildman–Crippen LogP) is 3.38. The van der Waals surface area contributed by atoms with E-state index in [0.717, 1.165) is 10.9 Å². The van der Waals surface area contributed by atoms with Gasteiger partial charge in [0.1, 0.15) is 5.75 Å². The number of carbonyl (C=O) groups is 2. The Bertz CT molecular complexity index is 794. The fraction of sp³-hybridized carbons (Fsp3) is 0.263. The van der Waals surface area contributed by atoms with Gasteiger partial charge in [-0.3, -0.25) is 9.59 Å². The summed E-state index contributed by atoms with van der Waals surface area (Å²) in [5.41, 5.74) is 1.22. The van der Waals surface area contributed by atoms with Crippen molar-refractivity contribution >= 4 is 33.4 Å². The van der Waals surface area contributed by atoms with Gasteiger partial charge in [0.05, 0.1) is 17.8 Å². The first-order valence-corrected chi connectivity index (χ1v) is 9.01. The molecule has 2 aromatic carbocycles. The molecule has 25 heavy (non-hydrogen) atoms. The third kappa shape index (κ3) is 3.69. The molecule has 1 aliphatic heterocycles. The minimum Gasteiger partial charge on any atom is -0.477 e. The maximum Gasteiger partial charge on any atom is 0.262 e. The minimum atomic E-state index is -0.729. The highest BCUT2D eigenvalue weighted by atomic mass is 79.9. The van der Waals surface area contributed by atoms with E-state index in [2.05, 4.69) is 21.2 Å². The van der Waals surface area contributed by atoms with Gasteiger partial charge in [0.25, 0.3) is 11.8 Å². The summed E-state index contributed by atoms with van der Waals surface area (Å²) >= 11 is 3.42. The molecular weight excluding hydrogens is 384 g/mol. The molecule has 0 saturated carbocycles. The minimum absolute atomic E-state index is 0.170. The van der Waals surface area contributed by atoms with Crippen LogP contribution in [-0.2, 0) is 4.79 Å². The molecule has 6 heteroatoms. The molecule has 2 aromatic rings. The van der Waals surface area contributed by atoms with Crippen LogP contribution >= 0.6 is 15.9 Å². The van der Waals surface area contributed by atoms with E-state index in [1.165, 1.54) is 0 Å². The number of hydrogen-bond acceptors (Lipinski definition) is 3. The second-order valence-electron chi connectivity index (χ2n) is 5.76. The Morgan fingerprint density at radius 3 is 2.68 bits per heavy atom. The normalized spacial score (nSPS) is 15.9. The third-order valence-electron chi connectivity index (χ3n) is 3.96. The maximum atomic E-state index is 13.1. The van der Waals surface area contributed by atoms with Crippen LogP contribution in [0.4, 0.5) is 5.69 Å². The van der Waals surface area contributed by atoms with Crippen molar-refractivity contribution in [2.45, 2.75) is 19.4 Å². The van der Waals surface area contributed by atoms with E-state index in [4.69, 9.17) is 4.74 Å². The Hall–Kier alpha value is -2.34. The van der Waals surface area contributed by atoms with Crippen LogP contribution in [0.15, 0.2) is 53.0 Å². The number of amides is 2. The topological polar surface area (TPSA) is 58.6 Å². The molecule has 0 aromatic heterocycles. The fourth-order valence-electron chi connectivity index (χ4n) is 2.71. The molecule has 0 fully saturated rings. The molecule has 1 N–H and O–H groups in total.